The molecule has 0 unspecified atom stereocenters. The second kappa shape index (κ2) is 12.2. The SMILES string of the molecule is CCOC(=O)Cc1ccc(NC(=O)OCc2cn(-c3cc4nc(C(=O)OCC)c(=O)[nH]c4cc3Cl)cn2)cc1. The largest absolute Gasteiger partial charge is 0.466 e. The lowest BCUT2D eigenvalue weighted by Crippen LogP contribution is -2.22. The van der Waals surface area contributed by atoms with Crippen LogP contribution in [0.5, 0.6) is 0 Å². The van der Waals surface area contributed by atoms with E-state index in [1.165, 1.54) is 12.4 Å². The Morgan fingerprint density at radius 1 is 1.05 bits per heavy atom. The number of fused-ring (bicyclic) bond motifs is 1. The Bertz CT molecular complexity index is 1580. The molecule has 0 saturated carbocycles. The number of H-pyrrole nitrogens is 1. The Balaban J connectivity index is 1.41. The fourth-order valence-corrected chi connectivity index (χ4v) is 3.84. The fraction of sp³-hybridized carbons (Fsp3) is 0.231. The molecular weight excluding hydrogens is 530 g/mol. The average molecular weight is 554 g/mol. The van der Waals surface area contributed by atoms with Crippen molar-refractivity contribution in [3.63, 3.8) is 0 Å². The number of amides is 1. The van der Waals surface area contributed by atoms with Crippen molar-refractivity contribution in [1.29, 1.82) is 0 Å². The predicted molar refractivity (Wildman–Crippen MR) is 141 cm³/mol. The molecule has 202 valence electrons. The van der Waals surface area contributed by atoms with Crippen LogP contribution in [0.3, 0.4) is 0 Å². The van der Waals surface area contributed by atoms with Gasteiger partial charge in [-0.05, 0) is 43.7 Å². The summed E-state index contributed by atoms with van der Waals surface area (Å²) in [6, 6.07) is 9.82. The van der Waals surface area contributed by atoms with Crippen molar-refractivity contribution in [2.75, 3.05) is 18.5 Å². The molecule has 0 bridgehead atoms. The van der Waals surface area contributed by atoms with Crippen LogP contribution in [-0.4, -0.2) is 50.8 Å². The van der Waals surface area contributed by atoms with Crippen molar-refractivity contribution in [1.82, 2.24) is 19.5 Å². The molecule has 0 spiro atoms. The molecule has 0 aliphatic heterocycles. The monoisotopic (exact) mass is 553 g/mol. The molecule has 0 radical (unpaired) electrons. The van der Waals surface area contributed by atoms with E-state index in [-0.39, 0.29) is 36.3 Å². The third kappa shape index (κ3) is 6.79. The highest BCUT2D eigenvalue weighted by Gasteiger charge is 2.17. The Kier molecular flexibility index (Phi) is 8.56. The molecular formula is C26H24ClN5O7. The standard InChI is InChI=1S/C26H24ClN5O7/c1-3-37-22(33)9-15-5-7-16(8-6-15)29-26(36)39-13-17-12-32(14-28-17)21-11-20-19(10-18(21)27)31-24(34)23(30-20)25(35)38-4-2/h5-8,10-12,14H,3-4,9,13H2,1-2H3,(H,29,36)(H,31,34). The van der Waals surface area contributed by atoms with Crippen molar-refractivity contribution in [3.05, 3.63) is 81.3 Å². The lowest BCUT2D eigenvalue weighted by Gasteiger charge is -2.08. The van der Waals surface area contributed by atoms with Crippen molar-refractivity contribution in [2.24, 2.45) is 0 Å². The molecule has 2 aromatic heterocycles. The van der Waals surface area contributed by atoms with Crippen LogP contribution in [0.25, 0.3) is 16.7 Å². The van der Waals surface area contributed by atoms with E-state index < -0.39 is 17.6 Å². The summed E-state index contributed by atoms with van der Waals surface area (Å²) < 4.78 is 16.6. The van der Waals surface area contributed by atoms with Gasteiger partial charge in [0.15, 0.2) is 0 Å². The first-order chi connectivity index (χ1) is 18.8. The Morgan fingerprint density at radius 2 is 1.79 bits per heavy atom. The van der Waals surface area contributed by atoms with Crippen LogP contribution in [0, 0.1) is 0 Å². The Hall–Kier alpha value is -4.71. The average Bonchev–Trinajstić information content (AvgIpc) is 3.37. The van der Waals surface area contributed by atoms with Crippen molar-refractivity contribution in [2.45, 2.75) is 26.9 Å². The number of hydrogen-bond donors (Lipinski definition) is 2. The molecule has 0 saturated heterocycles. The second-order valence-electron chi connectivity index (χ2n) is 8.11. The first-order valence-electron chi connectivity index (χ1n) is 11.9. The van der Waals surface area contributed by atoms with Crippen molar-refractivity contribution in [3.8, 4) is 5.69 Å². The maximum Gasteiger partial charge on any atom is 0.412 e. The van der Waals surface area contributed by atoms with Gasteiger partial charge in [-0.15, -0.1) is 0 Å². The van der Waals surface area contributed by atoms with Gasteiger partial charge in [0, 0.05) is 11.9 Å². The van der Waals surface area contributed by atoms with Gasteiger partial charge < -0.3 is 23.8 Å². The molecule has 4 rings (SSSR count). The number of imidazole rings is 1. The minimum absolute atomic E-state index is 0.102. The fourth-order valence-electron chi connectivity index (χ4n) is 3.58. The van der Waals surface area contributed by atoms with E-state index in [2.05, 4.69) is 20.3 Å². The number of anilines is 1. The summed E-state index contributed by atoms with van der Waals surface area (Å²) in [7, 11) is 0. The quantitative estimate of drug-likeness (QED) is 0.232. The summed E-state index contributed by atoms with van der Waals surface area (Å²) in [6.07, 6.45) is 2.54. The first kappa shape index (κ1) is 27.3. The van der Waals surface area contributed by atoms with E-state index in [1.807, 2.05) is 0 Å². The molecule has 0 aliphatic carbocycles. The number of nitrogens with one attached hydrogen (secondary N) is 2. The van der Waals surface area contributed by atoms with Crippen LogP contribution in [0.1, 0.15) is 35.6 Å². The third-order valence-electron chi connectivity index (χ3n) is 5.35. The van der Waals surface area contributed by atoms with E-state index in [4.69, 9.17) is 25.8 Å². The predicted octanol–water partition coefficient (Wildman–Crippen LogP) is 3.79. The van der Waals surface area contributed by atoms with Crippen molar-refractivity contribution >= 4 is 46.4 Å². The molecule has 1 amide bonds. The number of rotatable bonds is 9. The Morgan fingerprint density at radius 3 is 2.51 bits per heavy atom. The van der Waals surface area contributed by atoms with Gasteiger partial charge >= 0.3 is 18.0 Å². The van der Waals surface area contributed by atoms with Crippen LogP contribution >= 0.6 is 11.6 Å². The Labute approximate surface area is 226 Å². The molecule has 2 heterocycles. The molecule has 13 heteroatoms. The molecule has 2 aromatic carbocycles. The number of halogens is 1. The molecule has 0 aliphatic rings. The van der Waals surface area contributed by atoms with E-state index in [0.717, 1.165) is 5.56 Å². The molecule has 2 N–H and O–H groups in total. The zero-order chi connectivity index (χ0) is 27.9. The molecule has 12 nitrogen and oxygen atoms in total. The van der Waals surface area contributed by atoms with Gasteiger partial charge in [0.2, 0.25) is 5.69 Å². The summed E-state index contributed by atoms with van der Waals surface area (Å²) in [6.45, 7) is 3.66. The van der Waals surface area contributed by atoms with Gasteiger partial charge in [-0.25, -0.2) is 19.6 Å². The van der Waals surface area contributed by atoms with Gasteiger partial charge in [-0.1, -0.05) is 23.7 Å². The van der Waals surface area contributed by atoms with E-state index in [9.17, 15) is 19.2 Å². The number of esters is 2. The van der Waals surface area contributed by atoms with Gasteiger partial charge in [0.1, 0.15) is 6.61 Å². The second-order valence-corrected chi connectivity index (χ2v) is 8.52. The zero-order valence-electron chi connectivity index (χ0n) is 21.0. The van der Waals surface area contributed by atoms with Crippen molar-refractivity contribution < 1.29 is 28.6 Å². The number of aromatic nitrogens is 4. The maximum atomic E-state index is 12.2. The molecule has 0 fully saturated rings. The minimum atomic E-state index is -0.829. The van der Waals surface area contributed by atoms with E-state index in [1.54, 1.807) is 54.9 Å². The van der Waals surface area contributed by atoms with Crippen LogP contribution in [0.15, 0.2) is 53.7 Å². The summed E-state index contributed by atoms with van der Waals surface area (Å²) >= 11 is 6.41. The highest BCUT2D eigenvalue weighted by molar-refractivity contribution is 6.33. The number of ether oxygens (including phenoxy) is 3. The summed E-state index contributed by atoms with van der Waals surface area (Å²) in [5.74, 6) is -1.15. The van der Waals surface area contributed by atoms with Gasteiger partial charge in [-0.2, -0.15) is 0 Å². The highest BCUT2D eigenvalue weighted by atomic mass is 35.5. The van der Waals surface area contributed by atoms with Gasteiger partial charge in [-0.3, -0.25) is 14.9 Å². The van der Waals surface area contributed by atoms with E-state index >= 15 is 0 Å². The topological polar surface area (TPSA) is 154 Å². The maximum absolute atomic E-state index is 12.2. The summed E-state index contributed by atoms with van der Waals surface area (Å²) in [4.78, 5) is 59.0. The van der Waals surface area contributed by atoms with E-state index in [0.29, 0.717) is 34.7 Å². The number of carbonyl (C=O) groups excluding carboxylic acids is 3. The van der Waals surface area contributed by atoms with Gasteiger partial charge in [0.25, 0.3) is 5.56 Å². The molecule has 0 atom stereocenters. The molecule has 4 aromatic rings. The summed E-state index contributed by atoms with van der Waals surface area (Å²) in [5.41, 5.74) is 1.78. The number of aromatic amines is 1. The smallest absolute Gasteiger partial charge is 0.412 e. The normalized spacial score (nSPS) is 10.7. The third-order valence-corrected chi connectivity index (χ3v) is 5.65. The van der Waals surface area contributed by atoms with Crippen LogP contribution in [0.2, 0.25) is 5.02 Å². The summed E-state index contributed by atoms with van der Waals surface area (Å²) in [5, 5.41) is 2.90. The number of nitrogens with zero attached hydrogens (tertiary/aromatic N) is 3. The lowest BCUT2D eigenvalue weighted by atomic mass is 10.1. The number of hydrogen-bond acceptors (Lipinski definition) is 9. The van der Waals surface area contributed by atoms with Crippen LogP contribution in [0.4, 0.5) is 10.5 Å². The lowest BCUT2D eigenvalue weighted by molar-refractivity contribution is -0.142. The number of carbonyl (C=O) groups is 3. The van der Waals surface area contributed by atoms with Crippen LogP contribution in [-0.2, 0) is 32.0 Å². The molecule has 39 heavy (non-hydrogen) atoms. The van der Waals surface area contributed by atoms with Gasteiger partial charge in [0.05, 0.1) is 53.4 Å². The zero-order valence-corrected chi connectivity index (χ0v) is 21.8. The first-order valence-corrected chi connectivity index (χ1v) is 12.3. The highest BCUT2D eigenvalue weighted by Crippen LogP contribution is 2.25. The van der Waals surface area contributed by atoms with Crippen LogP contribution < -0.4 is 10.9 Å². The minimum Gasteiger partial charge on any atom is -0.466 e. The number of benzene rings is 2.